The lowest BCUT2D eigenvalue weighted by Gasteiger charge is -2.25. The van der Waals surface area contributed by atoms with Crippen LogP contribution in [0.1, 0.15) is 52.8 Å². The Morgan fingerprint density at radius 1 is 0.919 bits per heavy atom. The van der Waals surface area contributed by atoms with E-state index in [9.17, 15) is 4.79 Å². The number of nitrogens with zero attached hydrogens (tertiary/aromatic N) is 3. The largest absolute Gasteiger partial charge is 0.373 e. The molecular weight excluding hydrogens is 506 g/mol. The number of amides is 2. The van der Waals surface area contributed by atoms with Crippen LogP contribution >= 0.6 is 22.7 Å². The molecule has 5 rings (SSSR count). The van der Waals surface area contributed by atoms with Crippen LogP contribution in [0.15, 0.2) is 24.5 Å². The summed E-state index contributed by atoms with van der Waals surface area (Å²) < 4.78 is 2.19. The maximum absolute atomic E-state index is 13.0. The number of aromatic nitrogens is 1. The predicted molar refractivity (Wildman–Crippen MR) is 148 cm³/mol. The van der Waals surface area contributed by atoms with Crippen molar-refractivity contribution in [3.63, 3.8) is 0 Å². The maximum Gasteiger partial charge on any atom is 0.373 e. The third-order valence-corrected chi connectivity index (χ3v) is 9.66. The first-order chi connectivity index (χ1) is 18.0. The average molecular weight is 542 g/mol. The number of nitrogens with one attached hydrogen (secondary N) is 2. The molecule has 0 fully saturated rings. The molecule has 3 aromatic rings. The lowest BCUT2D eigenvalue weighted by Crippen LogP contribution is -2.31. The number of carbonyl (C=O) groups excluding carboxylic acids is 3. The summed E-state index contributed by atoms with van der Waals surface area (Å²) in [6.45, 7) is 13.5. The molecule has 0 aliphatic carbocycles. The summed E-state index contributed by atoms with van der Waals surface area (Å²) in [5, 5.41) is 8.65. The number of fused-ring (bicyclic) bond motifs is 2. The molecule has 10 heteroatoms. The van der Waals surface area contributed by atoms with Crippen LogP contribution < -0.4 is 10.6 Å². The van der Waals surface area contributed by atoms with Crippen LogP contribution in [0.5, 0.6) is 0 Å². The van der Waals surface area contributed by atoms with Crippen LogP contribution in [0.4, 0.5) is 9.80 Å². The molecule has 0 atom stereocenters. The Balaban J connectivity index is 0.00000102. The van der Waals surface area contributed by atoms with Gasteiger partial charge in [0, 0.05) is 60.4 Å². The van der Waals surface area contributed by atoms with E-state index in [-0.39, 0.29) is 12.2 Å². The third-order valence-electron chi connectivity index (χ3n) is 7.21. The van der Waals surface area contributed by atoms with Crippen molar-refractivity contribution in [3.8, 4) is 5.00 Å². The Hall–Kier alpha value is -2.75. The molecule has 3 aromatic heterocycles. The molecule has 0 radical (unpaired) electrons. The molecule has 0 saturated carbocycles. The van der Waals surface area contributed by atoms with Crippen LogP contribution in [0.2, 0.25) is 0 Å². The van der Waals surface area contributed by atoms with Gasteiger partial charge in [-0.2, -0.15) is 9.59 Å². The minimum absolute atomic E-state index is 0.106. The SMILES string of the molecule is CCc1c(NC(=O)NCc2c(-n3cccc3)sc3c2CCN(CC)C3)sc2c1CCN(CC)C2.O=C=O. The molecule has 8 nitrogen and oxygen atoms in total. The zero-order valence-electron chi connectivity index (χ0n) is 21.8. The van der Waals surface area contributed by atoms with Crippen molar-refractivity contribution in [1.82, 2.24) is 19.7 Å². The van der Waals surface area contributed by atoms with Crippen LogP contribution in [0.25, 0.3) is 5.00 Å². The van der Waals surface area contributed by atoms with Crippen molar-refractivity contribution >= 4 is 39.9 Å². The van der Waals surface area contributed by atoms with E-state index in [0.717, 1.165) is 63.5 Å². The topological polar surface area (TPSA) is 86.7 Å². The van der Waals surface area contributed by atoms with Gasteiger partial charge in [0.25, 0.3) is 0 Å². The van der Waals surface area contributed by atoms with Gasteiger partial charge in [0.15, 0.2) is 0 Å². The average Bonchev–Trinajstić information content (AvgIpc) is 3.63. The summed E-state index contributed by atoms with van der Waals surface area (Å²) in [7, 11) is 0. The van der Waals surface area contributed by atoms with Crippen molar-refractivity contribution in [1.29, 1.82) is 0 Å². The van der Waals surface area contributed by atoms with Crippen molar-refractivity contribution in [2.24, 2.45) is 0 Å². The van der Waals surface area contributed by atoms with E-state index in [1.165, 1.54) is 37.0 Å². The van der Waals surface area contributed by atoms with Gasteiger partial charge in [-0.25, -0.2) is 4.79 Å². The number of thiophene rings is 2. The first kappa shape index (κ1) is 27.3. The van der Waals surface area contributed by atoms with E-state index < -0.39 is 0 Å². The van der Waals surface area contributed by atoms with E-state index in [1.807, 2.05) is 11.3 Å². The van der Waals surface area contributed by atoms with Crippen LogP contribution in [0.3, 0.4) is 0 Å². The van der Waals surface area contributed by atoms with Crippen molar-refractivity contribution in [2.45, 2.75) is 59.7 Å². The molecule has 5 heterocycles. The maximum atomic E-state index is 13.0. The first-order valence-electron chi connectivity index (χ1n) is 12.9. The zero-order chi connectivity index (χ0) is 26.4. The van der Waals surface area contributed by atoms with E-state index in [4.69, 9.17) is 9.59 Å². The van der Waals surface area contributed by atoms with Gasteiger partial charge in [0.05, 0.1) is 0 Å². The molecule has 0 unspecified atom stereocenters. The molecule has 2 amide bonds. The summed E-state index contributed by atoms with van der Waals surface area (Å²) in [5.74, 6) is 0. The quantitative estimate of drug-likeness (QED) is 0.455. The molecule has 37 heavy (non-hydrogen) atoms. The van der Waals surface area contributed by atoms with E-state index in [0.29, 0.717) is 6.54 Å². The fraction of sp³-hybridized carbons (Fsp3) is 0.481. The number of likely N-dealkylation sites (N-methyl/N-ethyl adjacent to an activating group) is 2. The zero-order valence-corrected chi connectivity index (χ0v) is 23.4. The van der Waals surface area contributed by atoms with Gasteiger partial charge in [-0.05, 0) is 61.2 Å². The molecule has 0 saturated heterocycles. The highest BCUT2D eigenvalue weighted by Crippen LogP contribution is 2.38. The Morgan fingerprint density at radius 2 is 1.49 bits per heavy atom. The fourth-order valence-electron chi connectivity index (χ4n) is 5.22. The Kier molecular flexibility index (Phi) is 9.34. The summed E-state index contributed by atoms with van der Waals surface area (Å²) in [6.07, 6.45) is 7.54. The Morgan fingerprint density at radius 3 is 2.05 bits per heavy atom. The molecule has 198 valence electrons. The fourth-order valence-corrected chi connectivity index (χ4v) is 7.97. The second kappa shape index (κ2) is 12.7. The third kappa shape index (κ3) is 6.05. The van der Waals surface area contributed by atoms with Crippen molar-refractivity contribution in [3.05, 3.63) is 56.5 Å². The van der Waals surface area contributed by atoms with Gasteiger partial charge in [-0.1, -0.05) is 20.8 Å². The minimum atomic E-state index is -0.106. The monoisotopic (exact) mass is 541 g/mol. The highest BCUT2D eigenvalue weighted by molar-refractivity contribution is 7.16. The lowest BCUT2D eigenvalue weighted by atomic mass is 10.0. The van der Waals surface area contributed by atoms with Gasteiger partial charge in [0.2, 0.25) is 0 Å². The molecule has 2 N–H and O–H groups in total. The Bertz CT molecular complexity index is 1240. The second-order valence-corrected chi connectivity index (χ2v) is 11.4. The second-order valence-electron chi connectivity index (χ2n) is 9.17. The molecule has 0 aromatic carbocycles. The van der Waals surface area contributed by atoms with Crippen molar-refractivity contribution in [2.75, 3.05) is 31.5 Å². The van der Waals surface area contributed by atoms with Crippen LogP contribution in [-0.2, 0) is 48.5 Å². The smallest absolute Gasteiger partial charge is 0.334 e. The molecule has 0 spiro atoms. The van der Waals surface area contributed by atoms with E-state index >= 15 is 0 Å². The summed E-state index contributed by atoms with van der Waals surface area (Å²) >= 11 is 3.63. The molecule has 2 aliphatic rings. The number of anilines is 1. The molecule has 2 aliphatic heterocycles. The molecule has 0 bridgehead atoms. The number of urea groups is 1. The number of hydrogen-bond acceptors (Lipinski definition) is 7. The highest BCUT2D eigenvalue weighted by Gasteiger charge is 2.26. The summed E-state index contributed by atoms with van der Waals surface area (Å²) in [6, 6.07) is 4.02. The molecular formula is C27H35N5O3S2. The first-order valence-corrected chi connectivity index (χ1v) is 14.5. The van der Waals surface area contributed by atoms with E-state index in [1.54, 1.807) is 11.3 Å². The lowest BCUT2D eigenvalue weighted by molar-refractivity contribution is -0.191. The summed E-state index contributed by atoms with van der Waals surface area (Å²) in [4.78, 5) is 37.1. The normalized spacial score (nSPS) is 15.2. The van der Waals surface area contributed by atoms with Gasteiger partial charge in [-0.15, -0.1) is 22.7 Å². The number of hydrogen-bond donors (Lipinski definition) is 2. The number of carbonyl (C=O) groups is 1. The van der Waals surface area contributed by atoms with Crippen molar-refractivity contribution < 1.29 is 14.4 Å². The summed E-state index contributed by atoms with van der Waals surface area (Å²) in [5.41, 5.74) is 5.49. The standard InChI is InChI=1S/C26H35N5OS2.CO2/c1-4-18-19-9-13-29(5-2)16-22(19)33-24(18)28-26(32)27-15-21-20-10-14-30(6-3)17-23(20)34-25(21)31-11-7-8-12-31;2-1-3/h7-8,11-12H,4-6,9-10,13-17H2,1-3H3,(H2,27,28,32);. The van der Waals surface area contributed by atoms with Crippen LogP contribution in [-0.4, -0.2) is 52.7 Å². The number of rotatable bonds is 7. The van der Waals surface area contributed by atoms with E-state index in [2.05, 4.69) is 70.3 Å². The Labute approximate surface area is 226 Å². The predicted octanol–water partition coefficient (Wildman–Crippen LogP) is 4.66. The van der Waals surface area contributed by atoms with Gasteiger partial charge in [0.1, 0.15) is 10.0 Å². The van der Waals surface area contributed by atoms with Gasteiger partial charge < -0.3 is 9.88 Å². The minimum Gasteiger partial charge on any atom is -0.334 e. The van der Waals surface area contributed by atoms with Gasteiger partial charge >= 0.3 is 12.2 Å². The highest BCUT2D eigenvalue weighted by atomic mass is 32.1. The van der Waals surface area contributed by atoms with Crippen LogP contribution in [0, 0.1) is 0 Å². The van der Waals surface area contributed by atoms with Gasteiger partial charge in [-0.3, -0.25) is 15.1 Å².